The SMILES string of the molecule is CCC1CCCCC1C(C)(C)C1CCC(C)CC1=O. The predicted molar refractivity (Wildman–Crippen MR) is 81.0 cm³/mol. The molecule has 0 saturated heterocycles. The van der Waals surface area contributed by atoms with Crippen molar-refractivity contribution in [1.82, 2.24) is 0 Å². The number of carbonyl (C=O) groups excluding carboxylic acids is 1. The number of ketones is 1. The van der Waals surface area contributed by atoms with E-state index in [1.807, 2.05) is 0 Å². The molecule has 0 radical (unpaired) electrons. The maximum Gasteiger partial charge on any atom is 0.136 e. The van der Waals surface area contributed by atoms with Gasteiger partial charge in [-0.15, -0.1) is 0 Å². The van der Waals surface area contributed by atoms with E-state index >= 15 is 0 Å². The highest BCUT2D eigenvalue weighted by Crippen LogP contribution is 2.50. The summed E-state index contributed by atoms with van der Waals surface area (Å²) < 4.78 is 0. The Hall–Kier alpha value is -0.330. The highest BCUT2D eigenvalue weighted by molar-refractivity contribution is 5.82. The fourth-order valence-electron chi connectivity index (χ4n) is 4.92. The van der Waals surface area contributed by atoms with Crippen LogP contribution in [0.5, 0.6) is 0 Å². The number of hydrogen-bond donors (Lipinski definition) is 0. The summed E-state index contributed by atoms with van der Waals surface area (Å²) in [6.45, 7) is 9.36. The van der Waals surface area contributed by atoms with Crippen LogP contribution in [0.2, 0.25) is 0 Å². The van der Waals surface area contributed by atoms with Gasteiger partial charge >= 0.3 is 0 Å². The van der Waals surface area contributed by atoms with Crippen LogP contribution in [0.25, 0.3) is 0 Å². The molecule has 0 N–H and O–H groups in total. The lowest BCUT2D eigenvalue weighted by molar-refractivity contribution is -0.133. The molecular weight excluding hydrogens is 232 g/mol. The maximum atomic E-state index is 12.5. The molecule has 0 aromatic heterocycles. The van der Waals surface area contributed by atoms with Crippen molar-refractivity contribution >= 4 is 5.78 Å². The molecular formula is C18H32O. The molecule has 110 valence electrons. The Labute approximate surface area is 119 Å². The standard InChI is InChI=1S/C18H32O/c1-5-14-8-6-7-9-15(14)18(3,4)16-11-10-13(2)12-17(16)19/h13-16H,5-12H2,1-4H3. The minimum absolute atomic E-state index is 0.221. The van der Waals surface area contributed by atoms with Crippen LogP contribution in [0.1, 0.15) is 79.1 Å². The van der Waals surface area contributed by atoms with E-state index in [1.165, 1.54) is 38.5 Å². The summed E-state index contributed by atoms with van der Waals surface area (Å²) in [5, 5.41) is 0. The summed E-state index contributed by atoms with van der Waals surface area (Å²) in [4.78, 5) is 12.5. The fourth-order valence-corrected chi connectivity index (χ4v) is 4.92. The third-order valence-electron chi connectivity index (χ3n) is 6.17. The molecule has 2 saturated carbocycles. The second-order valence-corrected chi connectivity index (χ2v) is 7.79. The van der Waals surface area contributed by atoms with Crippen molar-refractivity contribution in [3.8, 4) is 0 Å². The second kappa shape index (κ2) is 5.97. The van der Waals surface area contributed by atoms with E-state index in [2.05, 4.69) is 27.7 Å². The lowest BCUT2D eigenvalue weighted by Crippen LogP contribution is -2.43. The van der Waals surface area contributed by atoms with E-state index in [-0.39, 0.29) is 5.41 Å². The van der Waals surface area contributed by atoms with Crippen LogP contribution < -0.4 is 0 Å². The molecule has 2 fully saturated rings. The molecule has 0 bridgehead atoms. The topological polar surface area (TPSA) is 17.1 Å². The van der Waals surface area contributed by atoms with E-state index in [0.29, 0.717) is 17.6 Å². The van der Waals surface area contributed by atoms with Crippen LogP contribution >= 0.6 is 0 Å². The second-order valence-electron chi connectivity index (χ2n) is 7.79. The van der Waals surface area contributed by atoms with Crippen LogP contribution in [0.15, 0.2) is 0 Å². The lowest BCUT2D eigenvalue weighted by Gasteiger charge is -2.48. The van der Waals surface area contributed by atoms with Gasteiger partial charge in [0.2, 0.25) is 0 Å². The molecule has 1 nitrogen and oxygen atoms in total. The summed E-state index contributed by atoms with van der Waals surface area (Å²) in [5.74, 6) is 3.14. The average Bonchev–Trinajstić information content (AvgIpc) is 2.38. The van der Waals surface area contributed by atoms with Crippen LogP contribution in [-0.4, -0.2) is 5.78 Å². The van der Waals surface area contributed by atoms with Gasteiger partial charge in [-0.3, -0.25) is 4.79 Å². The summed E-state index contributed by atoms with van der Waals surface area (Å²) in [5.41, 5.74) is 0.221. The Morgan fingerprint density at radius 3 is 2.42 bits per heavy atom. The summed E-state index contributed by atoms with van der Waals surface area (Å²) in [7, 11) is 0. The van der Waals surface area contributed by atoms with Gasteiger partial charge in [-0.05, 0) is 42.4 Å². The van der Waals surface area contributed by atoms with Gasteiger partial charge < -0.3 is 0 Å². The van der Waals surface area contributed by atoms with Crippen molar-refractivity contribution in [2.45, 2.75) is 79.1 Å². The normalized spacial score (nSPS) is 37.4. The number of hydrogen-bond acceptors (Lipinski definition) is 1. The molecule has 0 heterocycles. The zero-order valence-corrected chi connectivity index (χ0v) is 13.4. The molecule has 0 aliphatic heterocycles. The molecule has 0 aromatic rings. The van der Waals surface area contributed by atoms with Gasteiger partial charge in [0.15, 0.2) is 0 Å². The molecule has 2 rings (SSSR count). The maximum absolute atomic E-state index is 12.5. The Kier molecular flexibility index (Phi) is 4.74. The molecule has 19 heavy (non-hydrogen) atoms. The molecule has 0 aromatic carbocycles. The molecule has 4 atom stereocenters. The molecule has 2 aliphatic carbocycles. The highest BCUT2D eigenvalue weighted by atomic mass is 16.1. The van der Waals surface area contributed by atoms with E-state index in [1.54, 1.807) is 0 Å². The monoisotopic (exact) mass is 264 g/mol. The van der Waals surface area contributed by atoms with Crippen LogP contribution in [0, 0.1) is 29.1 Å². The van der Waals surface area contributed by atoms with Crippen molar-refractivity contribution in [2.75, 3.05) is 0 Å². The first-order chi connectivity index (χ1) is 8.96. The van der Waals surface area contributed by atoms with Crippen molar-refractivity contribution in [3.63, 3.8) is 0 Å². The predicted octanol–water partition coefficient (Wildman–Crippen LogP) is 5.23. The van der Waals surface area contributed by atoms with E-state index in [0.717, 1.165) is 24.7 Å². The van der Waals surface area contributed by atoms with Crippen molar-refractivity contribution < 1.29 is 4.79 Å². The Morgan fingerprint density at radius 2 is 1.79 bits per heavy atom. The summed E-state index contributed by atoms with van der Waals surface area (Å²) >= 11 is 0. The van der Waals surface area contributed by atoms with E-state index in [9.17, 15) is 4.79 Å². The van der Waals surface area contributed by atoms with Crippen molar-refractivity contribution in [1.29, 1.82) is 0 Å². The molecule has 0 amide bonds. The van der Waals surface area contributed by atoms with Gasteiger partial charge in [-0.1, -0.05) is 53.4 Å². The van der Waals surface area contributed by atoms with Crippen molar-refractivity contribution in [3.05, 3.63) is 0 Å². The van der Waals surface area contributed by atoms with Gasteiger partial charge in [0.25, 0.3) is 0 Å². The van der Waals surface area contributed by atoms with Gasteiger partial charge in [0, 0.05) is 12.3 Å². The van der Waals surface area contributed by atoms with E-state index in [4.69, 9.17) is 0 Å². The zero-order valence-electron chi connectivity index (χ0n) is 13.4. The van der Waals surface area contributed by atoms with Gasteiger partial charge in [-0.25, -0.2) is 0 Å². The summed E-state index contributed by atoms with van der Waals surface area (Å²) in [6.07, 6.45) is 10.0. The van der Waals surface area contributed by atoms with Gasteiger partial charge in [-0.2, -0.15) is 0 Å². The van der Waals surface area contributed by atoms with Gasteiger partial charge in [0.1, 0.15) is 5.78 Å². The Bertz CT molecular complexity index is 318. The quantitative estimate of drug-likeness (QED) is 0.681. The minimum Gasteiger partial charge on any atom is -0.299 e. The smallest absolute Gasteiger partial charge is 0.136 e. The molecule has 4 unspecified atom stereocenters. The van der Waals surface area contributed by atoms with Crippen LogP contribution in [0.4, 0.5) is 0 Å². The fraction of sp³-hybridized carbons (Fsp3) is 0.944. The Balaban J connectivity index is 2.13. The number of Topliss-reactive ketones (excluding diaryl/α,β-unsaturated/α-hetero) is 1. The highest BCUT2D eigenvalue weighted by Gasteiger charge is 2.45. The van der Waals surface area contributed by atoms with Gasteiger partial charge in [0.05, 0.1) is 0 Å². The van der Waals surface area contributed by atoms with Crippen LogP contribution in [-0.2, 0) is 4.79 Å². The first-order valence-corrected chi connectivity index (χ1v) is 8.49. The number of rotatable bonds is 3. The first-order valence-electron chi connectivity index (χ1n) is 8.49. The largest absolute Gasteiger partial charge is 0.299 e. The average molecular weight is 264 g/mol. The van der Waals surface area contributed by atoms with E-state index < -0.39 is 0 Å². The minimum atomic E-state index is 0.221. The third kappa shape index (κ3) is 3.06. The number of carbonyl (C=O) groups is 1. The molecule has 1 heteroatoms. The molecule has 0 spiro atoms. The zero-order chi connectivity index (χ0) is 14.0. The van der Waals surface area contributed by atoms with Crippen molar-refractivity contribution in [2.24, 2.45) is 29.1 Å². The summed E-state index contributed by atoms with van der Waals surface area (Å²) in [6, 6.07) is 0. The Morgan fingerprint density at radius 1 is 1.11 bits per heavy atom. The first kappa shape index (κ1) is 15.1. The third-order valence-corrected chi connectivity index (χ3v) is 6.17. The molecule has 2 aliphatic rings. The van der Waals surface area contributed by atoms with Crippen LogP contribution in [0.3, 0.4) is 0 Å². The lowest BCUT2D eigenvalue weighted by atomic mass is 9.56.